The summed E-state index contributed by atoms with van der Waals surface area (Å²) in [5.74, 6) is -3.51. The molecule has 8 nitrogen and oxygen atoms in total. The van der Waals surface area contributed by atoms with E-state index in [1.54, 1.807) is 21.5 Å². The second kappa shape index (κ2) is 10.5. The normalized spacial score (nSPS) is 16.2. The molecule has 6 aromatic rings. The van der Waals surface area contributed by atoms with Gasteiger partial charge in [-0.1, -0.05) is 84.9 Å². The van der Waals surface area contributed by atoms with Crippen LogP contribution in [0.5, 0.6) is 0 Å². The lowest BCUT2D eigenvalue weighted by atomic mass is 9.90. The first kappa shape index (κ1) is 27.1. The lowest BCUT2D eigenvalue weighted by Gasteiger charge is -2.14. The molecule has 0 aliphatic carbocycles. The van der Waals surface area contributed by atoms with E-state index in [1.165, 1.54) is 14.2 Å². The van der Waals surface area contributed by atoms with Crippen molar-refractivity contribution in [2.24, 2.45) is 0 Å². The quantitative estimate of drug-likeness (QED) is 0.172. The highest BCUT2D eigenvalue weighted by molar-refractivity contribution is 6.14. The number of esters is 2. The number of fused-ring (bicyclic) bond motifs is 4. The van der Waals surface area contributed by atoms with Crippen LogP contribution in [0.3, 0.4) is 0 Å². The summed E-state index contributed by atoms with van der Waals surface area (Å²) >= 11 is 0. The molecule has 2 aliphatic heterocycles. The predicted octanol–water partition coefficient (Wildman–Crippen LogP) is 6.44. The van der Waals surface area contributed by atoms with Gasteiger partial charge < -0.3 is 9.47 Å². The molecule has 216 valence electrons. The molecule has 0 unspecified atom stereocenters. The van der Waals surface area contributed by atoms with Gasteiger partial charge in [-0.15, -0.1) is 0 Å². The molecule has 0 bridgehead atoms. The van der Waals surface area contributed by atoms with Crippen LogP contribution in [-0.4, -0.2) is 47.1 Å². The Labute approximate surface area is 252 Å². The fourth-order valence-electron chi connectivity index (χ4n) is 6.41. The molecule has 44 heavy (non-hydrogen) atoms. The van der Waals surface area contributed by atoms with Crippen LogP contribution in [0, 0.1) is 0 Å². The average molecular weight is 583 g/mol. The van der Waals surface area contributed by atoms with Gasteiger partial charge in [0, 0.05) is 34.3 Å². The summed E-state index contributed by atoms with van der Waals surface area (Å²) in [6.07, 6.45) is 3.44. The highest BCUT2D eigenvalue weighted by atomic mass is 16.5. The molecule has 8 rings (SSSR count). The Balaban J connectivity index is 0.000000142. The van der Waals surface area contributed by atoms with Gasteiger partial charge in [0.2, 0.25) is 11.8 Å². The number of methoxy groups -OCH3 is 2. The summed E-state index contributed by atoms with van der Waals surface area (Å²) in [7, 11) is 2.61. The summed E-state index contributed by atoms with van der Waals surface area (Å²) < 4.78 is 12.9. The monoisotopic (exact) mass is 582 g/mol. The molecular formula is C36H26N2O6. The minimum absolute atomic E-state index is 0.278. The van der Waals surface area contributed by atoms with Crippen molar-refractivity contribution in [1.29, 1.82) is 0 Å². The zero-order valence-electron chi connectivity index (χ0n) is 23.9. The molecule has 4 heterocycles. The fourth-order valence-corrected chi connectivity index (χ4v) is 6.41. The van der Waals surface area contributed by atoms with E-state index < -0.39 is 23.8 Å². The third-order valence-corrected chi connectivity index (χ3v) is 8.39. The molecule has 0 fully saturated rings. The van der Waals surface area contributed by atoms with Gasteiger partial charge in [0.1, 0.15) is 0 Å². The first-order chi connectivity index (χ1) is 21.4. The van der Waals surface area contributed by atoms with Gasteiger partial charge in [-0.05, 0) is 34.4 Å². The number of rotatable bonds is 2. The highest BCUT2D eigenvalue weighted by Crippen LogP contribution is 2.40. The number of carbonyl (C=O) groups excluding carboxylic acids is 4. The fraction of sp³-hybridized carbons (Fsp3) is 0.111. The molecule has 0 saturated carbocycles. The zero-order valence-corrected chi connectivity index (χ0v) is 23.9. The number of hydrogen-bond acceptors (Lipinski definition) is 6. The molecule has 8 heteroatoms. The van der Waals surface area contributed by atoms with Crippen molar-refractivity contribution >= 4 is 45.6 Å². The van der Waals surface area contributed by atoms with E-state index in [-0.39, 0.29) is 11.8 Å². The van der Waals surface area contributed by atoms with E-state index in [2.05, 4.69) is 0 Å². The van der Waals surface area contributed by atoms with Crippen LogP contribution < -0.4 is 0 Å². The van der Waals surface area contributed by atoms with Gasteiger partial charge in [-0.2, -0.15) is 0 Å². The van der Waals surface area contributed by atoms with E-state index in [0.29, 0.717) is 11.1 Å². The van der Waals surface area contributed by atoms with E-state index in [0.717, 1.165) is 44.1 Å². The van der Waals surface area contributed by atoms with Crippen molar-refractivity contribution in [1.82, 2.24) is 9.13 Å². The Morgan fingerprint density at radius 1 is 0.523 bits per heavy atom. The van der Waals surface area contributed by atoms with Gasteiger partial charge in [0.15, 0.2) is 11.8 Å². The third-order valence-electron chi connectivity index (χ3n) is 8.39. The molecule has 0 saturated heterocycles. The molecule has 4 aromatic carbocycles. The predicted molar refractivity (Wildman–Crippen MR) is 166 cm³/mol. The molecular weight excluding hydrogens is 556 g/mol. The van der Waals surface area contributed by atoms with Crippen LogP contribution in [0.4, 0.5) is 0 Å². The Hall–Kier alpha value is -5.76. The van der Waals surface area contributed by atoms with E-state index >= 15 is 0 Å². The maximum Gasteiger partial charge on any atom is 0.322 e. The lowest BCUT2D eigenvalue weighted by molar-refractivity contribution is -0.142. The van der Waals surface area contributed by atoms with Crippen LogP contribution in [0.15, 0.2) is 109 Å². The van der Waals surface area contributed by atoms with Gasteiger partial charge in [0.25, 0.3) is 0 Å². The Bertz CT molecular complexity index is 2000. The first-order valence-electron chi connectivity index (χ1n) is 14.1. The zero-order chi connectivity index (χ0) is 30.5. The summed E-state index contributed by atoms with van der Waals surface area (Å²) in [5.41, 5.74) is 6.77. The van der Waals surface area contributed by atoms with Crippen molar-refractivity contribution < 1.29 is 28.7 Å². The minimum Gasteiger partial charge on any atom is -0.468 e. The van der Waals surface area contributed by atoms with E-state index in [9.17, 15) is 19.2 Å². The molecule has 2 aromatic heterocycles. The highest BCUT2D eigenvalue weighted by Gasteiger charge is 2.37. The van der Waals surface area contributed by atoms with Gasteiger partial charge in [0.05, 0.1) is 25.3 Å². The standard InChI is InChI=1S/2C18H13NO3/c2*1-22-18(21)15-13-7-3-2-6-12(13)14-8-4-5-11-9-10-19(16(11)14)17(15)20/h2*2-10,15H,1H3/t2*15-/m00/s1. The van der Waals surface area contributed by atoms with Gasteiger partial charge in [-0.3, -0.25) is 28.3 Å². The third kappa shape index (κ3) is 3.99. The molecule has 0 spiro atoms. The second-order valence-corrected chi connectivity index (χ2v) is 10.6. The molecule has 2 atom stereocenters. The number of hydrogen-bond donors (Lipinski definition) is 0. The molecule has 0 amide bonds. The van der Waals surface area contributed by atoms with Gasteiger partial charge in [-0.25, -0.2) is 0 Å². The topological polar surface area (TPSA) is 96.6 Å². The summed E-state index contributed by atoms with van der Waals surface area (Å²) in [4.78, 5) is 50.3. The van der Waals surface area contributed by atoms with Gasteiger partial charge >= 0.3 is 11.9 Å². The SMILES string of the molecule is COC(=O)[C@@H]1C(=O)n2ccc3cccc(c32)-c2ccccc21.COC(=O)[C@@H]1C(=O)n2ccc3cccc(c32)-c2ccccc21. The number of ether oxygens (including phenoxy) is 2. The number of carbonyl (C=O) groups is 4. The largest absolute Gasteiger partial charge is 0.468 e. The number of benzene rings is 4. The first-order valence-corrected chi connectivity index (χ1v) is 14.1. The number of nitrogens with zero attached hydrogens (tertiary/aromatic N) is 2. The van der Waals surface area contributed by atoms with Crippen molar-refractivity contribution in [3.8, 4) is 22.3 Å². The van der Waals surface area contributed by atoms with E-state index in [1.807, 2.05) is 97.1 Å². The summed E-state index contributed by atoms with van der Waals surface area (Å²) in [6.45, 7) is 0. The average Bonchev–Trinajstić information content (AvgIpc) is 3.65. The minimum atomic E-state index is -0.941. The molecule has 0 radical (unpaired) electrons. The molecule has 0 N–H and O–H groups in total. The van der Waals surface area contributed by atoms with Crippen LogP contribution in [-0.2, 0) is 19.1 Å². The van der Waals surface area contributed by atoms with Crippen LogP contribution in [0.25, 0.3) is 44.1 Å². The van der Waals surface area contributed by atoms with Crippen LogP contribution in [0.2, 0.25) is 0 Å². The van der Waals surface area contributed by atoms with Crippen LogP contribution in [0.1, 0.15) is 32.6 Å². The Morgan fingerprint density at radius 2 is 0.909 bits per heavy atom. The van der Waals surface area contributed by atoms with Crippen molar-refractivity contribution in [2.75, 3.05) is 14.2 Å². The number of aromatic nitrogens is 2. The molecule has 2 aliphatic rings. The van der Waals surface area contributed by atoms with E-state index in [4.69, 9.17) is 9.47 Å². The summed E-state index contributed by atoms with van der Waals surface area (Å²) in [5, 5.41) is 1.96. The van der Waals surface area contributed by atoms with Crippen LogP contribution >= 0.6 is 0 Å². The Kier molecular flexibility index (Phi) is 6.47. The maximum absolute atomic E-state index is 12.9. The van der Waals surface area contributed by atoms with Crippen molar-refractivity contribution in [3.63, 3.8) is 0 Å². The second-order valence-electron chi connectivity index (χ2n) is 10.6. The Morgan fingerprint density at radius 3 is 1.32 bits per heavy atom. The number of para-hydroxylation sites is 2. The maximum atomic E-state index is 12.9. The lowest BCUT2D eigenvalue weighted by Crippen LogP contribution is -2.26. The smallest absolute Gasteiger partial charge is 0.322 e. The van der Waals surface area contributed by atoms with Crippen molar-refractivity contribution in [2.45, 2.75) is 11.8 Å². The summed E-state index contributed by atoms with van der Waals surface area (Å²) in [6, 6.07) is 30.6. The van der Waals surface area contributed by atoms with Crippen molar-refractivity contribution in [3.05, 3.63) is 121 Å².